The smallest absolute Gasteiger partial charge is 0.329 e. The minimum atomic E-state index is -1.25. The molecule has 4 aliphatic carbocycles. The number of nitrogens with one attached hydrogen (secondary N) is 1. The number of aromatic nitrogens is 2. The highest BCUT2D eigenvalue weighted by molar-refractivity contribution is 5.95. The summed E-state index contributed by atoms with van der Waals surface area (Å²) in [6.07, 6.45) is 9.64. The van der Waals surface area contributed by atoms with E-state index >= 15 is 0 Å². The Kier molecular flexibility index (Phi) is 12.5. The molecular weight excluding hydrogens is 714 g/mol. The van der Waals surface area contributed by atoms with Gasteiger partial charge in [-0.25, -0.2) is 9.42 Å². The minimum absolute atomic E-state index is 0.0220. The maximum atomic E-state index is 13.5. The van der Waals surface area contributed by atoms with Crippen molar-refractivity contribution in [2.24, 2.45) is 51.5 Å². The number of esters is 2. The molecule has 1 aromatic carbocycles. The number of fused-ring (bicyclic) bond motifs is 6. The molecule has 17 nitrogen and oxygen atoms in total. The Balaban J connectivity index is 1.02. The molecule has 4 aliphatic rings. The Hall–Kier alpha value is -4.50. The third-order valence-electron chi connectivity index (χ3n) is 13.9. The minimum Gasteiger partial charge on any atom is -0.481 e. The average Bonchev–Trinajstić information content (AvgIpc) is 3.78. The van der Waals surface area contributed by atoms with Gasteiger partial charge in [0.1, 0.15) is 18.8 Å². The van der Waals surface area contributed by atoms with Gasteiger partial charge < -0.3 is 24.6 Å². The van der Waals surface area contributed by atoms with Crippen molar-refractivity contribution in [3.05, 3.63) is 32.7 Å². The van der Waals surface area contributed by atoms with Crippen molar-refractivity contribution in [3.63, 3.8) is 0 Å². The molecule has 0 bridgehead atoms. The molecule has 1 unspecified atom stereocenters. The maximum absolute atomic E-state index is 13.5. The third kappa shape index (κ3) is 8.52. The number of carbonyl (C=O) groups is 3. The van der Waals surface area contributed by atoms with Gasteiger partial charge >= 0.3 is 23.6 Å². The number of azide groups is 1. The fourth-order valence-electron chi connectivity index (χ4n) is 11.3. The van der Waals surface area contributed by atoms with Crippen LogP contribution in [0.25, 0.3) is 21.5 Å². The lowest BCUT2D eigenvalue weighted by molar-refractivity contribution is -0.383. The van der Waals surface area contributed by atoms with Crippen molar-refractivity contribution in [1.29, 1.82) is 0 Å². The van der Waals surface area contributed by atoms with E-state index in [1.54, 1.807) is 0 Å². The van der Waals surface area contributed by atoms with E-state index in [4.69, 9.17) is 24.4 Å². The van der Waals surface area contributed by atoms with Gasteiger partial charge in [0.2, 0.25) is 5.52 Å². The summed E-state index contributed by atoms with van der Waals surface area (Å²) in [5.41, 5.74) is 8.48. The maximum Gasteiger partial charge on any atom is 0.329 e. The summed E-state index contributed by atoms with van der Waals surface area (Å²) in [6.45, 7) is 8.27. The fraction of sp³-hybridized carbons (Fsp3) is 0.763. The fourth-order valence-corrected chi connectivity index (χ4v) is 11.3. The number of non-ortho nitro benzene ring substituents is 1. The number of rotatable bonds is 17. The number of hydrogen-bond acceptors (Lipinski definition) is 13. The van der Waals surface area contributed by atoms with Crippen molar-refractivity contribution in [2.45, 2.75) is 110 Å². The van der Waals surface area contributed by atoms with Gasteiger partial charge in [-0.2, -0.15) is 0 Å². The summed E-state index contributed by atoms with van der Waals surface area (Å²) in [5.74, 6) is 1.17. The predicted molar refractivity (Wildman–Crippen MR) is 197 cm³/mol. The molecule has 4 saturated carbocycles. The number of nitrogens with zero attached hydrogens (tertiary/aromatic N) is 6. The van der Waals surface area contributed by atoms with Gasteiger partial charge in [-0.05, 0) is 132 Å². The third-order valence-corrected chi connectivity index (χ3v) is 13.9. The zero-order chi connectivity index (χ0) is 39.3. The average molecular weight is 768 g/mol. The van der Waals surface area contributed by atoms with E-state index in [0.29, 0.717) is 55.0 Å². The van der Waals surface area contributed by atoms with Crippen LogP contribution in [0.5, 0.6) is 0 Å². The number of benzene rings is 1. The molecule has 0 saturated heterocycles. The van der Waals surface area contributed by atoms with Crippen LogP contribution < -0.4 is 5.32 Å². The summed E-state index contributed by atoms with van der Waals surface area (Å²) in [6, 6.07) is 1.31. The van der Waals surface area contributed by atoms with E-state index in [0.717, 1.165) is 32.1 Å². The topological polar surface area (TPSA) is 242 Å². The number of nitro groups is 1. The van der Waals surface area contributed by atoms with Crippen LogP contribution in [0, 0.1) is 56.5 Å². The van der Waals surface area contributed by atoms with E-state index in [1.807, 2.05) is 0 Å². The zero-order valence-corrected chi connectivity index (χ0v) is 31.9. The van der Waals surface area contributed by atoms with Crippen LogP contribution in [0.15, 0.2) is 21.9 Å². The molecule has 1 aromatic heterocycles. The number of nitro benzene ring substituents is 1. The molecule has 17 heteroatoms. The number of carboxylic acids is 1. The quantitative estimate of drug-likeness (QED) is 0.0307. The van der Waals surface area contributed by atoms with E-state index in [9.17, 15) is 29.6 Å². The lowest BCUT2D eigenvalue weighted by Gasteiger charge is -2.61. The van der Waals surface area contributed by atoms with Crippen molar-refractivity contribution in [1.82, 2.24) is 10.3 Å². The molecule has 10 atom stereocenters. The Morgan fingerprint density at radius 2 is 1.84 bits per heavy atom. The molecule has 0 amide bonds. The van der Waals surface area contributed by atoms with Crippen LogP contribution in [-0.2, 0) is 28.6 Å². The molecule has 4 fully saturated rings. The van der Waals surface area contributed by atoms with Gasteiger partial charge in [0.05, 0.1) is 30.2 Å². The summed E-state index contributed by atoms with van der Waals surface area (Å²) < 4.78 is 21.5. The number of ether oxygens (including phenoxy) is 3. The highest BCUT2D eigenvalue weighted by atomic mass is 16.6. The second kappa shape index (κ2) is 17.1. The molecule has 55 heavy (non-hydrogen) atoms. The van der Waals surface area contributed by atoms with Gasteiger partial charge in [-0.3, -0.25) is 19.7 Å². The van der Waals surface area contributed by atoms with Gasteiger partial charge in [0.25, 0.3) is 0 Å². The number of hydrogen-bond donors (Lipinski definition) is 2. The van der Waals surface area contributed by atoms with Crippen molar-refractivity contribution in [3.8, 4) is 0 Å². The molecule has 300 valence electrons. The Bertz CT molecular complexity index is 1780. The Morgan fingerprint density at radius 3 is 2.60 bits per heavy atom. The number of aliphatic carboxylic acids is 1. The molecule has 0 radical (unpaired) electrons. The largest absolute Gasteiger partial charge is 0.481 e. The van der Waals surface area contributed by atoms with E-state index in [1.165, 1.54) is 37.8 Å². The number of carbonyl (C=O) groups excluding carboxylic acids is 2. The summed E-state index contributed by atoms with van der Waals surface area (Å²) in [5, 5.41) is 34.7. The first kappa shape index (κ1) is 40.2. The second-order valence-electron chi connectivity index (χ2n) is 16.7. The lowest BCUT2D eigenvalue weighted by atomic mass is 9.44. The molecule has 6 rings (SSSR count). The summed E-state index contributed by atoms with van der Waals surface area (Å²) in [4.78, 5) is 51.3. The Morgan fingerprint density at radius 1 is 1.07 bits per heavy atom. The first-order valence-electron chi connectivity index (χ1n) is 19.7. The number of anilines is 1. The number of carboxylic acid groups (broad SMARTS) is 1. The van der Waals surface area contributed by atoms with E-state index < -0.39 is 29.3 Å². The Labute approximate surface area is 319 Å². The monoisotopic (exact) mass is 767 g/mol. The highest BCUT2D eigenvalue weighted by Crippen LogP contribution is 2.68. The standard InChI is InChI=1S/C38H53N7O10/c1-22(4-11-33(48)53-19-18-52-17-16-40-44-39)26-7-8-27-25-6-5-23-20-24(12-14-37(23,2)28(25)13-15-38(26,27)3)54-36(49)30(21-32(46)47)41-29-9-10-31(45(50)51)35-34(29)42-55-43-35/h9-10,22-28,30,41H,4-8,11-21H2,1-3H3,(H,46,47)/t22-,23-,24-,25+,26?,27+,28+,30+,37+,38-/m1/s1. The lowest BCUT2D eigenvalue weighted by Crippen LogP contribution is -2.54. The normalized spacial score (nSPS) is 30.8. The molecule has 2 aromatic rings. The van der Waals surface area contributed by atoms with Gasteiger partial charge in [-0.1, -0.05) is 25.9 Å². The second-order valence-corrected chi connectivity index (χ2v) is 16.7. The molecule has 0 spiro atoms. The first-order valence-corrected chi connectivity index (χ1v) is 19.7. The van der Waals surface area contributed by atoms with Crippen LogP contribution in [0.3, 0.4) is 0 Å². The predicted octanol–water partition coefficient (Wildman–Crippen LogP) is 7.24. The van der Waals surface area contributed by atoms with Crippen LogP contribution >= 0.6 is 0 Å². The molecule has 0 aliphatic heterocycles. The van der Waals surface area contributed by atoms with Gasteiger partial charge in [-0.15, -0.1) is 0 Å². The van der Waals surface area contributed by atoms with Crippen molar-refractivity contribution >= 4 is 40.3 Å². The summed E-state index contributed by atoms with van der Waals surface area (Å²) in [7, 11) is 0. The van der Waals surface area contributed by atoms with Crippen molar-refractivity contribution in [2.75, 3.05) is 31.7 Å². The molecular formula is C38H53N7O10. The molecule has 2 N–H and O–H groups in total. The van der Waals surface area contributed by atoms with E-state index in [-0.39, 0.29) is 65.1 Å². The van der Waals surface area contributed by atoms with Crippen LogP contribution in [0.2, 0.25) is 0 Å². The first-order chi connectivity index (χ1) is 26.4. The SMILES string of the molecule is C[C@H](CCC(=O)OCCOCCN=[N+]=[N-])C1CC[C@H]2[C@@H]3CC[C@@H]4C[C@H](OC(=O)[C@H](CC(=O)O)Nc5ccc([N+](=O)[O-])c6nonc56)CC[C@]4(C)[C@H]3CC[C@]12C. The van der Waals surface area contributed by atoms with Gasteiger partial charge in [0, 0.05) is 23.9 Å². The zero-order valence-electron chi connectivity index (χ0n) is 31.9. The highest BCUT2D eigenvalue weighted by Gasteiger charge is 2.60. The van der Waals surface area contributed by atoms with Gasteiger partial charge in [0.15, 0.2) is 5.52 Å². The van der Waals surface area contributed by atoms with Crippen LogP contribution in [0.1, 0.15) is 97.8 Å². The summed E-state index contributed by atoms with van der Waals surface area (Å²) >= 11 is 0. The van der Waals surface area contributed by atoms with Crippen LogP contribution in [0.4, 0.5) is 11.4 Å². The van der Waals surface area contributed by atoms with Crippen LogP contribution in [-0.4, -0.2) is 76.8 Å². The molecule has 1 heterocycles. The van der Waals surface area contributed by atoms with Crippen molar-refractivity contribution < 1.29 is 43.3 Å². The van der Waals surface area contributed by atoms with E-state index in [2.05, 4.69) is 46.4 Å².